The number of ether oxygens (including phenoxy) is 1. The lowest BCUT2D eigenvalue weighted by atomic mass is 10.2. The van der Waals surface area contributed by atoms with Crippen LogP contribution in [0, 0.1) is 5.82 Å². The largest absolute Gasteiger partial charge is 0.399 e. The second kappa shape index (κ2) is 7.95. The first kappa shape index (κ1) is 15.7. The topological polar surface area (TPSA) is 67.6 Å². The van der Waals surface area contributed by atoms with E-state index in [2.05, 4.69) is 10.2 Å². The van der Waals surface area contributed by atoms with Gasteiger partial charge >= 0.3 is 0 Å². The number of hydrogen-bond donors (Lipinski definition) is 2. The van der Waals surface area contributed by atoms with Gasteiger partial charge in [0.15, 0.2) is 0 Å². The second-order valence-corrected chi connectivity index (χ2v) is 5.20. The number of carbonyl (C=O) groups is 1. The summed E-state index contributed by atoms with van der Waals surface area (Å²) in [6.45, 7) is 4.33. The zero-order chi connectivity index (χ0) is 15.1. The van der Waals surface area contributed by atoms with Gasteiger partial charge in [-0.25, -0.2) is 4.39 Å². The van der Waals surface area contributed by atoms with E-state index in [0.717, 1.165) is 45.7 Å². The molecule has 0 saturated carbocycles. The Kier molecular flexibility index (Phi) is 5.95. The van der Waals surface area contributed by atoms with Crippen LogP contribution in [-0.2, 0) is 9.53 Å². The summed E-state index contributed by atoms with van der Waals surface area (Å²) in [4.78, 5) is 14.1. The minimum Gasteiger partial charge on any atom is -0.399 e. The number of rotatable bonds is 5. The summed E-state index contributed by atoms with van der Waals surface area (Å²) in [6, 6.07) is 4.15. The van der Waals surface area contributed by atoms with Crippen LogP contribution < -0.4 is 11.1 Å². The number of amides is 1. The van der Waals surface area contributed by atoms with E-state index in [9.17, 15) is 9.18 Å². The Labute approximate surface area is 124 Å². The van der Waals surface area contributed by atoms with Crippen LogP contribution in [0.3, 0.4) is 0 Å². The van der Waals surface area contributed by atoms with Gasteiger partial charge in [0, 0.05) is 31.8 Å². The van der Waals surface area contributed by atoms with Crippen molar-refractivity contribution in [3.8, 4) is 0 Å². The summed E-state index contributed by atoms with van der Waals surface area (Å²) in [7, 11) is 0. The fraction of sp³-hybridized carbons (Fsp3) is 0.533. The highest BCUT2D eigenvalue weighted by atomic mass is 19.1. The first-order valence-electron chi connectivity index (χ1n) is 7.30. The molecule has 1 aromatic rings. The van der Waals surface area contributed by atoms with Crippen molar-refractivity contribution in [3.05, 3.63) is 24.0 Å². The van der Waals surface area contributed by atoms with Crippen LogP contribution in [0.15, 0.2) is 18.2 Å². The monoisotopic (exact) mass is 295 g/mol. The molecular weight excluding hydrogens is 273 g/mol. The molecule has 1 saturated heterocycles. The van der Waals surface area contributed by atoms with Gasteiger partial charge in [0.1, 0.15) is 5.82 Å². The van der Waals surface area contributed by atoms with Crippen LogP contribution in [0.2, 0.25) is 0 Å². The molecule has 1 amide bonds. The van der Waals surface area contributed by atoms with Crippen molar-refractivity contribution in [2.45, 2.75) is 19.3 Å². The Morgan fingerprint density at radius 3 is 3.10 bits per heavy atom. The van der Waals surface area contributed by atoms with Gasteiger partial charge < -0.3 is 20.7 Å². The number of hydrogen-bond acceptors (Lipinski definition) is 4. The van der Waals surface area contributed by atoms with Gasteiger partial charge in [0.05, 0.1) is 12.3 Å². The van der Waals surface area contributed by atoms with E-state index >= 15 is 0 Å². The predicted molar refractivity (Wildman–Crippen MR) is 80.6 cm³/mol. The lowest BCUT2D eigenvalue weighted by molar-refractivity contribution is -0.116. The third-order valence-electron chi connectivity index (χ3n) is 3.46. The summed E-state index contributed by atoms with van der Waals surface area (Å²) in [5.74, 6) is -0.659. The molecule has 6 heteroatoms. The molecule has 0 atom stereocenters. The maximum atomic E-state index is 13.5. The fourth-order valence-corrected chi connectivity index (χ4v) is 2.34. The third kappa shape index (κ3) is 5.32. The van der Waals surface area contributed by atoms with Crippen LogP contribution in [0.5, 0.6) is 0 Å². The van der Waals surface area contributed by atoms with Crippen LogP contribution in [-0.4, -0.2) is 43.7 Å². The Balaban J connectivity index is 1.73. The molecular formula is C15H22FN3O2. The van der Waals surface area contributed by atoms with Crippen LogP contribution in [0.25, 0.3) is 0 Å². The SMILES string of the molecule is Nc1ccc(F)c(NC(=O)CCCN2CCCOCC2)c1. The molecule has 1 aromatic carbocycles. The number of nitrogens with two attached hydrogens (primary N) is 1. The number of anilines is 2. The van der Waals surface area contributed by atoms with Crippen molar-refractivity contribution in [1.82, 2.24) is 4.90 Å². The summed E-state index contributed by atoms with van der Waals surface area (Å²) in [6.07, 6.45) is 2.14. The molecule has 0 aliphatic carbocycles. The van der Waals surface area contributed by atoms with Crippen molar-refractivity contribution in [1.29, 1.82) is 0 Å². The zero-order valence-electron chi connectivity index (χ0n) is 12.1. The molecule has 3 N–H and O–H groups in total. The highest BCUT2D eigenvalue weighted by molar-refractivity contribution is 5.91. The Bertz CT molecular complexity index is 474. The number of carbonyl (C=O) groups excluding carboxylic acids is 1. The van der Waals surface area contributed by atoms with Crippen molar-refractivity contribution in [3.63, 3.8) is 0 Å². The molecule has 1 aliphatic heterocycles. The van der Waals surface area contributed by atoms with Gasteiger partial charge in [-0.15, -0.1) is 0 Å². The summed E-state index contributed by atoms with van der Waals surface area (Å²) >= 11 is 0. The average Bonchev–Trinajstić information content (AvgIpc) is 2.72. The Morgan fingerprint density at radius 1 is 1.38 bits per heavy atom. The van der Waals surface area contributed by atoms with E-state index in [-0.39, 0.29) is 11.6 Å². The van der Waals surface area contributed by atoms with Crippen LogP contribution >= 0.6 is 0 Å². The van der Waals surface area contributed by atoms with Gasteiger partial charge in [0.25, 0.3) is 0 Å². The lowest BCUT2D eigenvalue weighted by Crippen LogP contribution is -2.28. The highest BCUT2D eigenvalue weighted by Gasteiger charge is 2.11. The number of nitrogens with one attached hydrogen (secondary N) is 1. The van der Waals surface area contributed by atoms with Crippen LogP contribution in [0.1, 0.15) is 19.3 Å². The fourth-order valence-electron chi connectivity index (χ4n) is 2.34. The van der Waals surface area contributed by atoms with Gasteiger partial charge in [-0.3, -0.25) is 4.79 Å². The molecule has 0 spiro atoms. The maximum Gasteiger partial charge on any atom is 0.224 e. The lowest BCUT2D eigenvalue weighted by Gasteiger charge is -2.18. The number of nitrogens with zero attached hydrogens (tertiary/aromatic N) is 1. The van der Waals surface area contributed by atoms with Gasteiger partial charge in [-0.2, -0.15) is 0 Å². The van der Waals surface area contributed by atoms with Crippen molar-refractivity contribution < 1.29 is 13.9 Å². The molecule has 1 fully saturated rings. The van der Waals surface area contributed by atoms with E-state index in [1.807, 2.05) is 0 Å². The van der Waals surface area contributed by atoms with Gasteiger partial charge in [-0.05, 0) is 37.6 Å². The highest BCUT2D eigenvalue weighted by Crippen LogP contribution is 2.17. The van der Waals surface area contributed by atoms with E-state index in [1.165, 1.54) is 18.2 Å². The number of benzene rings is 1. The minimum absolute atomic E-state index is 0.142. The van der Waals surface area contributed by atoms with E-state index in [4.69, 9.17) is 10.5 Å². The van der Waals surface area contributed by atoms with Crippen LogP contribution in [0.4, 0.5) is 15.8 Å². The zero-order valence-corrected chi connectivity index (χ0v) is 12.1. The van der Waals surface area contributed by atoms with E-state index in [1.54, 1.807) is 0 Å². The molecule has 1 heterocycles. The van der Waals surface area contributed by atoms with Crippen molar-refractivity contribution in [2.75, 3.05) is 43.9 Å². The average molecular weight is 295 g/mol. The van der Waals surface area contributed by atoms with Gasteiger partial charge in [-0.1, -0.05) is 0 Å². The molecule has 0 bridgehead atoms. The second-order valence-electron chi connectivity index (χ2n) is 5.20. The predicted octanol–water partition coefficient (Wildman–Crippen LogP) is 1.85. The number of halogens is 1. The molecule has 2 rings (SSSR count). The summed E-state index contributed by atoms with van der Waals surface area (Å²) < 4.78 is 18.9. The Hall–Kier alpha value is -1.66. The Morgan fingerprint density at radius 2 is 2.24 bits per heavy atom. The summed E-state index contributed by atoms with van der Waals surface area (Å²) in [5.41, 5.74) is 6.15. The standard InChI is InChI=1S/C15H22FN3O2/c16-13-5-4-12(17)11-14(13)18-15(20)3-1-6-19-7-2-9-21-10-8-19/h4-5,11H,1-3,6-10,17H2,(H,18,20). The maximum absolute atomic E-state index is 13.5. The van der Waals surface area contributed by atoms with Gasteiger partial charge in [0.2, 0.25) is 5.91 Å². The van der Waals surface area contributed by atoms with E-state index in [0.29, 0.717) is 12.1 Å². The smallest absolute Gasteiger partial charge is 0.224 e. The third-order valence-corrected chi connectivity index (χ3v) is 3.46. The first-order chi connectivity index (χ1) is 10.1. The molecule has 0 unspecified atom stereocenters. The van der Waals surface area contributed by atoms with Crippen molar-refractivity contribution >= 4 is 17.3 Å². The molecule has 21 heavy (non-hydrogen) atoms. The minimum atomic E-state index is -0.470. The molecule has 5 nitrogen and oxygen atoms in total. The molecule has 116 valence electrons. The first-order valence-corrected chi connectivity index (χ1v) is 7.30. The molecule has 0 aromatic heterocycles. The van der Waals surface area contributed by atoms with Crippen molar-refractivity contribution in [2.24, 2.45) is 0 Å². The summed E-state index contributed by atoms with van der Waals surface area (Å²) in [5, 5.41) is 2.56. The quantitative estimate of drug-likeness (QED) is 0.814. The number of nitrogen functional groups attached to an aromatic ring is 1. The molecule has 1 aliphatic rings. The van der Waals surface area contributed by atoms with E-state index < -0.39 is 5.82 Å². The molecule has 0 radical (unpaired) electrons. The normalized spacial score (nSPS) is 16.4.